The molecule has 5 heteroatoms. The second kappa shape index (κ2) is 11.1. The minimum absolute atomic E-state index is 0.275. The average Bonchev–Trinajstić information content (AvgIpc) is 2.81. The van der Waals surface area contributed by atoms with Crippen LogP contribution < -0.4 is 9.64 Å². The van der Waals surface area contributed by atoms with Gasteiger partial charge in [0, 0.05) is 30.5 Å². The summed E-state index contributed by atoms with van der Waals surface area (Å²) < 4.78 is 12.1. The number of anilines is 1. The van der Waals surface area contributed by atoms with E-state index in [2.05, 4.69) is 66.2 Å². The van der Waals surface area contributed by atoms with Gasteiger partial charge in [0.1, 0.15) is 17.2 Å². The molecule has 0 aliphatic rings. The Morgan fingerprint density at radius 1 is 0.914 bits per heavy atom. The van der Waals surface area contributed by atoms with E-state index in [9.17, 15) is 5.26 Å². The molecule has 0 atom stereocenters. The Kier molecular flexibility index (Phi) is 8.40. The second-order valence-corrected chi connectivity index (χ2v) is 10.6. The van der Waals surface area contributed by atoms with Gasteiger partial charge in [-0.3, -0.25) is 0 Å². The molecule has 1 aromatic heterocycles. The quantitative estimate of drug-likeness (QED) is 0.308. The summed E-state index contributed by atoms with van der Waals surface area (Å²) in [5.41, 5.74) is 2.57. The second-order valence-electron chi connectivity index (χ2n) is 10.6. The fourth-order valence-corrected chi connectivity index (χ4v) is 4.06. The van der Waals surface area contributed by atoms with Crippen LogP contribution in [0.2, 0.25) is 0 Å². The molecule has 0 unspecified atom stereocenters. The highest BCUT2D eigenvalue weighted by Gasteiger charge is 2.26. The van der Waals surface area contributed by atoms with Crippen LogP contribution in [0.3, 0.4) is 0 Å². The van der Waals surface area contributed by atoms with E-state index in [0.29, 0.717) is 18.1 Å². The summed E-state index contributed by atoms with van der Waals surface area (Å²) in [5, 5.41) is 12.3. The summed E-state index contributed by atoms with van der Waals surface area (Å²) in [7, 11) is 0. The predicted octanol–water partition coefficient (Wildman–Crippen LogP) is 7.37. The standard InChI is InChI=1S/C30H39N3O2/c1-8-16-33(17-9-2)25-13-12-22-18-24(11-10-23(22)19-25)26-14-15-32-28(27(26)20-31)35-30(6,7)21-34-29(3,4)5/h10-15,18-19H,8-9,16-17,21H2,1-7H3. The lowest BCUT2D eigenvalue weighted by Gasteiger charge is -2.30. The molecule has 0 aliphatic carbocycles. The maximum absolute atomic E-state index is 10.0. The molecule has 0 radical (unpaired) electrons. The largest absolute Gasteiger partial charge is 0.468 e. The van der Waals surface area contributed by atoms with Crippen molar-refractivity contribution in [3.8, 4) is 23.1 Å². The number of hydrogen-bond acceptors (Lipinski definition) is 5. The minimum Gasteiger partial charge on any atom is -0.468 e. The molecular formula is C30H39N3O2. The van der Waals surface area contributed by atoms with Crippen LogP contribution in [0.1, 0.15) is 66.9 Å². The smallest absolute Gasteiger partial charge is 0.232 e. The summed E-state index contributed by atoms with van der Waals surface area (Å²) in [4.78, 5) is 6.83. The van der Waals surface area contributed by atoms with Crippen LogP contribution in [-0.4, -0.2) is 35.9 Å². The van der Waals surface area contributed by atoms with E-state index < -0.39 is 5.60 Å². The lowest BCUT2D eigenvalue weighted by atomic mass is 9.98. The van der Waals surface area contributed by atoms with Crippen molar-refractivity contribution in [3.63, 3.8) is 0 Å². The van der Waals surface area contributed by atoms with Gasteiger partial charge < -0.3 is 14.4 Å². The fourth-order valence-electron chi connectivity index (χ4n) is 4.06. The Labute approximate surface area is 210 Å². The Bertz CT molecular complexity index is 1180. The van der Waals surface area contributed by atoms with Gasteiger partial charge in [0.2, 0.25) is 5.88 Å². The molecule has 0 fully saturated rings. The van der Waals surface area contributed by atoms with Crippen molar-refractivity contribution in [1.82, 2.24) is 4.98 Å². The van der Waals surface area contributed by atoms with Crippen molar-refractivity contribution in [3.05, 3.63) is 54.2 Å². The minimum atomic E-state index is -0.632. The van der Waals surface area contributed by atoms with Crippen molar-refractivity contribution >= 4 is 16.5 Å². The third-order valence-corrected chi connectivity index (χ3v) is 5.74. The van der Waals surface area contributed by atoms with Crippen LogP contribution in [0.15, 0.2) is 48.7 Å². The van der Waals surface area contributed by atoms with Crippen molar-refractivity contribution in [2.45, 2.75) is 72.5 Å². The third kappa shape index (κ3) is 6.96. The monoisotopic (exact) mass is 473 g/mol. The number of nitriles is 1. The van der Waals surface area contributed by atoms with Crippen molar-refractivity contribution in [2.75, 3.05) is 24.6 Å². The first-order chi connectivity index (χ1) is 16.6. The Balaban J connectivity index is 1.93. The highest BCUT2D eigenvalue weighted by molar-refractivity contribution is 5.90. The summed E-state index contributed by atoms with van der Waals surface area (Å²) in [6.45, 7) is 16.9. The number of rotatable bonds is 10. The predicted molar refractivity (Wildman–Crippen MR) is 145 cm³/mol. The number of ether oxygens (including phenoxy) is 2. The van der Waals surface area contributed by atoms with Gasteiger partial charge in [-0.15, -0.1) is 0 Å². The number of fused-ring (bicyclic) bond motifs is 1. The maximum atomic E-state index is 10.0. The molecule has 5 nitrogen and oxygen atoms in total. The lowest BCUT2D eigenvalue weighted by molar-refractivity contribution is -0.0735. The highest BCUT2D eigenvalue weighted by atomic mass is 16.6. The third-order valence-electron chi connectivity index (χ3n) is 5.74. The zero-order chi connectivity index (χ0) is 25.6. The first-order valence-corrected chi connectivity index (χ1v) is 12.6. The van der Waals surface area contributed by atoms with Gasteiger partial charge in [0.05, 0.1) is 12.2 Å². The van der Waals surface area contributed by atoms with E-state index in [1.165, 1.54) is 11.1 Å². The van der Waals surface area contributed by atoms with Gasteiger partial charge >= 0.3 is 0 Å². The van der Waals surface area contributed by atoms with Crippen LogP contribution in [0.4, 0.5) is 5.69 Å². The van der Waals surface area contributed by atoms with Gasteiger partial charge in [-0.05, 0) is 88.1 Å². The fraction of sp³-hybridized carbons (Fsp3) is 0.467. The number of nitrogens with zero attached hydrogens (tertiary/aromatic N) is 3. The van der Waals surface area contributed by atoms with E-state index in [1.807, 2.05) is 40.7 Å². The Morgan fingerprint density at radius 3 is 2.20 bits per heavy atom. The summed E-state index contributed by atoms with van der Waals surface area (Å²) in [6.07, 6.45) is 3.95. The van der Waals surface area contributed by atoms with Crippen molar-refractivity contribution in [1.29, 1.82) is 5.26 Å². The van der Waals surface area contributed by atoms with E-state index in [-0.39, 0.29) is 5.60 Å². The van der Waals surface area contributed by atoms with E-state index in [1.54, 1.807) is 6.20 Å². The maximum Gasteiger partial charge on any atom is 0.232 e. The zero-order valence-corrected chi connectivity index (χ0v) is 22.3. The van der Waals surface area contributed by atoms with Crippen LogP contribution in [-0.2, 0) is 4.74 Å². The van der Waals surface area contributed by atoms with Crippen LogP contribution in [0.5, 0.6) is 5.88 Å². The SMILES string of the molecule is CCCN(CCC)c1ccc2cc(-c3ccnc(OC(C)(C)COC(C)(C)C)c3C#N)ccc2c1. The highest BCUT2D eigenvalue weighted by Crippen LogP contribution is 2.33. The van der Waals surface area contributed by atoms with Gasteiger partial charge in [0.25, 0.3) is 0 Å². The average molecular weight is 474 g/mol. The molecular weight excluding hydrogens is 434 g/mol. The Morgan fingerprint density at radius 2 is 1.57 bits per heavy atom. The molecule has 186 valence electrons. The molecule has 3 rings (SSSR count). The Hall–Kier alpha value is -3.10. The van der Waals surface area contributed by atoms with Crippen LogP contribution in [0.25, 0.3) is 21.9 Å². The number of pyridine rings is 1. The molecule has 0 spiro atoms. The number of aromatic nitrogens is 1. The number of benzene rings is 2. The molecule has 3 aromatic rings. The van der Waals surface area contributed by atoms with Gasteiger partial charge in [0.15, 0.2) is 0 Å². The molecule has 0 saturated carbocycles. The first-order valence-electron chi connectivity index (χ1n) is 12.6. The molecule has 2 aromatic carbocycles. The molecule has 0 aliphatic heterocycles. The summed E-state index contributed by atoms with van der Waals surface area (Å²) in [6, 6.07) is 17.2. The molecule has 1 heterocycles. The summed E-state index contributed by atoms with van der Waals surface area (Å²) >= 11 is 0. The summed E-state index contributed by atoms with van der Waals surface area (Å²) in [5.74, 6) is 0.331. The van der Waals surface area contributed by atoms with Crippen LogP contribution >= 0.6 is 0 Å². The van der Waals surface area contributed by atoms with Crippen LogP contribution in [0, 0.1) is 11.3 Å². The van der Waals surface area contributed by atoms with E-state index >= 15 is 0 Å². The molecule has 0 N–H and O–H groups in total. The van der Waals surface area contributed by atoms with Gasteiger partial charge in [-0.2, -0.15) is 5.26 Å². The van der Waals surface area contributed by atoms with Crippen molar-refractivity contribution in [2.24, 2.45) is 0 Å². The molecule has 35 heavy (non-hydrogen) atoms. The van der Waals surface area contributed by atoms with E-state index in [4.69, 9.17) is 9.47 Å². The van der Waals surface area contributed by atoms with E-state index in [0.717, 1.165) is 42.4 Å². The van der Waals surface area contributed by atoms with Gasteiger partial charge in [-0.1, -0.05) is 32.0 Å². The molecule has 0 amide bonds. The van der Waals surface area contributed by atoms with Gasteiger partial charge in [-0.25, -0.2) is 4.98 Å². The normalized spacial score (nSPS) is 11.9. The van der Waals surface area contributed by atoms with Crippen molar-refractivity contribution < 1.29 is 9.47 Å². The zero-order valence-electron chi connectivity index (χ0n) is 22.3. The topological polar surface area (TPSA) is 58.4 Å². The number of hydrogen-bond donors (Lipinski definition) is 0. The first kappa shape index (κ1) is 26.5. The molecule has 0 bridgehead atoms. The molecule has 0 saturated heterocycles. The lowest BCUT2D eigenvalue weighted by Crippen LogP contribution is -2.38.